The van der Waals surface area contributed by atoms with E-state index in [2.05, 4.69) is 35.0 Å². The number of rotatable bonds is 9. The lowest BCUT2D eigenvalue weighted by Crippen LogP contribution is -2.07. The molecule has 1 unspecified atom stereocenters. The van der Waals surface area contributed by atoms with Crippen LogP contribution in [0.2, 0.25) is 0 Å². The van der Waals surface area contributed by atoms with Crippen LogP contribution in [0.3, 0.4) is 0 Å². The Morgan fingerprint density at radius 3 is 2.56 bits per heavy atom. The molecule has 0 fully saturated rings. The second-order valence-electron chi connectivity index (χ2n) is 4.41. The van der Waals surface area contributed by atoms with Gasteiger partial charge in [-0.25, -0.2) is 0 Å². The van der Waals surface area contributed by atoms with Crippen molar-refractivity contribution in [2.45, 2.75) is 26.2 Å². The molecule has 0 saturated heterocycles. The van der Waals surface area contributed by atoms with Crippen LogP contribution in [0, 0.1) is 5.92 Å². The standard InChI is InChI=1S/C15H23BrOS/c1-3-18-10-4-5-14(12-16)11-13-6-8-15(17-2)9-7-13/h6-9,14H,3-5,10-12H2,1-2H3. The zero-order valence-corrected chi connectivity index (χ0v) is 13.7. The van der Waals surface area contributed by atoms with Crippen molar-refractivity contribution in [2.75, 3.05) is 23.9 Å². The first-order valence-electron chi connectivity index (χ1n) is 6.56. The molecule has 18 heavy (non-hydrogen) atoms. The minimum absolute atomic E-state index is 0.746. The van der Waals surface area contributed by atoms with Gasteiger partial charge in [0.2, 0.25) is 0 Å². The van der Waals surface area contributed by atoms with Crippen LogP contribution in [-0.4, -0.2) is 23.9 Å². The minimum atomic E-state index is 0.746. The number of halogens is 1. The molecule has 0 aromatic heterocycles. The van der Waals surface area contributed by atoms with Crippen LogP contribution < -0.4 is 4.74 Å². The highest BCUT2D eigenvalue weighted by Crippen LogP contribution is 2.20. The molecule has 0 saturated carbocycles. The van der Waals surface area contributed by atoms with E-state index in [4.69, 9.17) is 4.74 Å². The molecular formula is C15H23BrOS. The molecule has 0 amide bonds. The molecule has 0 bridgehead atoms. The average Bonchev–Trinajstić information content (AvgIpc) is 2.43. The predicted octanol–water partition coefficient (Wildman–Crippen LogP) is 4.78. The van der Waals surface area contributed by atoms with Crippen LogP contribution in [0.25, 0.3) is 0 Å². The Labute approximate surface area is 124 Å². The maximum absolute atomic E-state index is 5.18. The Morgan fingerprint density at radius 2 is 2.00 bits per heavy atom. The van der Waals surface area contributed by atoms with E-state index in [0.717, 1.165) is 23.4 Å². The van der Waals surface area contributed by atoms with Gasteiger partial charge in [-0.2, -0.15) is 11.8 Å². The molecule has 1 atom stereocenters. The third-order valence-corrected chi connectivity index (χ3v) is 4.91. The van der Waals surface area contributed by atoms with E-state index in [1.165, 1.54) is 29.9 Å². The zero-order valence-electron chi connectivity index (χ0n) is 11.3. The first-order chi connectivity index (χ1) is 8.80. The average molecular weight is 331 g/mol. The second-order valence-corrected chi connectivity index (χ2v) is 6.45. The molecule has 0 aliphatic carbocycles. The van der Waals surface area contributed by atoms with Crippen molar-refractivity contribution in [3.8, 4) is 5.75 Å². The molecule has 0 radical (unpaired) electrons. The lowest BCUT2D eigenvalue weighted by Gasteiger charge is -2.14. The van der Waals surface area contributed by atoms with Crippen molar-refractivity contribution in [1.29, 1.82) is 0 Å². The van der Waals surface area contributed by atoms with Crippen LogP contribution in [-0.2, 0) is 6.42 Å². The summed E-state index contributed by atoms with van der Waals surface area (Å²) in [5.41, 5.74) is 1.41. The highest BCUT2D eigenvalue weighted by Gasteiger charge is 2.08. The van der Waals surface area contributed by atoms with Gasteiger partial charge in [-0.3, -0.25) is 0 Å². The molecule has 0 N–H and O–H groups in total. The molecular weight excluding hydrogens is 308 g/mol. The predicted molar refractivity (Wildman–Crippen MR) is 86.2 cm³/mol. The Morgan fingerprint density at radius 1 is 1.28 bits per heavy atom. The van der Waals surface area contributed by atoms with E-state index < -0.39 is 0 Å². The van der Waals surface area contributed by atoms with Crippen molar-refractivity contribution in [2.24, 2.45) is 5.92 Å². The molecule has 102 valence electrons. The number of hydrogen-bond donors (Lipinski definition) is 0. The van der Waals surface area contributed by atoms with E-state index in [1.807, 2.05) is 23.9 Å². The van der Waals surface area contributed by atoms with E-state index in [9.17, 15) is 0 Å². The maximum Gasteiger partial charge on any atom is 0.118 e. The summed E-state index contributed by atoms with van der Waals surface area (Å²) in [6, 6.07) is 8.45. The third-order valence-electron chi connectivity index (χ3n) is 3.01. The molecule has 0 heterocycles. The summed E-state index contributed by atoms with van der Waals surface area (Å²) < 4.78 is 5.18. The summed E-state index contributed by atoms with van der Waals surface area (Å²) in [4.78, 5) is 0. The first-order valence-corrected chi connectivity index (χ1v) is 8.84. The molecule has 0 aliphatic heterocycles. The normalized spacial score (nSPS) is 12.4. The summed E-state index contributed by atoms with van der Waals surface area (Å²) in [6.45, 7) is 2.23. The number of hydrogen-bond acceptors (Lipinski definition) is 2. The van der Waals surface area contributed by atoms with Gasteiger partial charge in [0.15, 0.2) is 0 Å². The van der Waals surface area contributed by atoms with Gasteiger partial charge in [0.25, 0.3) is 0 Å². The summed E-state index contributed by atoms with van der Waals surface area (Å²) >= 11 is 5.68. The lowest BCUT2D eigenvalue weighted by atomic mass is 9.97. The monoisotopic (exact) mass is 330 g/mol. The van der Waals surface area contributed by atoms with Crippen molar-refractivity contribution < 1.29 is 4.74 Å². The Hall–Kier alpha value is -0.150. The fourth-order valence-corrected chi connectivity index (χ4v) is 3.16. The van der Waals surface area contributed by atoms with Crippen LogP contribution in [0.15, 0.2) is 24.3 Å². The molecule has 1 aromatic carbocycles. The van der Waals surface area contributed by atoms with Gasteiger partial charge in [-0.1, -0.05) is 35.0 Å². The van der Waals surface area contributed by atoms with Crippen LogP contribution in [0.5, 0.6) is 5.75 Å². The molecule has 1 nitrogen and oxygen atoms in total. The van der Waals surface area contributed by atoms with E-state index >= 15 is 0 Å². The summed E-state index contributed by atoms with van der Waals surface area (Å²) in [5.74, 6) is 4.21. The number of benzene rings is 1. The maximum atomic E-state index is 5.18. The number of ether oxygens (including phenoxy) is 1. The second kappa shape index (κ2) is 9.74. The van der Waals surface area contributed by atoms with Gasteiger partial charge < -0.3 is 4.74 Å². The molecule has 0 spiro atoms. The lowest BCUT2D eigenvalue weighted by molar-refractivity contribution is 0.414. The van der Waals surface area contributed by atoms with Gasteiger partial charge >= 0.3 is 0 Å². The molecule has 1 aromatic rings. The number of thioether (sulfide) groups is 1. The zero-order chi connectivity index (χ0) is 13.2. The number of methoxy groups -OCH3 is 1. The molecule has 0 aliphatic rings. The Bertz CT molecular complexity index is 313. The summed E-state index contributed by atoms with van der Waals surface area (Å²) in [5, 5.41) is 1.09. The first kappa shape index (κ1) is 15.9. The van der Waals surface area contributed by atoms with Gasteiger partial charge in [0.1, 0.15) is 5.75 Å². The Balaban J connectivity index is 2.36. The van der Waals surface area contributed by atoms with Gasteiger partial charge in [-0.05, 0) is 54.4 Å². The highest BCUT2D eigenvalue weighted by molar-refractivity contribution is 9.09. The largest absolute Gasteiger partial charge is 0.497 e. The van der Waals surface area contributed by atoms with E-state index in [-0.39, 0.29) is 0 Å². The van der Waals surface area contributed by atoms with Crippen molar-refractivity contribution in [3.63, 3.8) is 0 Å². The van der Waals surface area contributed by atoms with Gasteiger partial charge in [-0.15, -0.1) is 0 Å². The topological polar surface area (TPSA) is 9.23 Å². The summed E-state index contributed by atoms with van der Waals surface area (Å²) in [6.07, 6.45) is 3.79. The smallest absolute Gasteiger partial charge is 0.118 e. The Kier molecular flexibility index (Phi) is 8.60. The van der Waals surface area contributed by atoms with Crippen LogP contribution in [0.1, 0.15) is 25.3 Å². The van der Waals surface area contributed by atoms with Crippen molar-refractivity contribution in [3.05, 3.63) is 29.8 Å². The van der Waals surface area contributed by atoms with Gasteiger partial charge in [0, 0.05) is 5.33 Å². The van der Waals surface area contributed by atoms with Crippen molar-refractivity contribution in [1.82, 2.24) is 0 Å². The minimum Gasteiger partial charge on any atom is -0.497 e. The fourth-order valence-electron chi connectivity index (χ4n) is 1.95. The van der Waals surface area contributed by atoms with E-state index in [0.29, 0.717) is 0 Å². The third kappa shape index (κ3) is 6.14. The summed E-state index contributed by atoms with van der Waals surface area (Å²) in [7, 11) is 1.71. The molecule has 1 rings (SSSR count). The van der Waals surface area contributed by atoms with Gasteiger partial charge in [0.05, 0.1) is 7.11 Å². The number of alkyl halides is 1. The fraction of sp³-hybridized carbons (Fsp3) is 0.600. The highest BCUT2D eigenvalue weighted by atomic mass is 79.9. The SMILES string of the molecule is CCSCCCC(CBr)Cc1ccc(OC)cc1. The van der Waals surface area contributed by atoms with Crippen molar-refractivity contribution >= 4 is 27.7 Å². The van der Waals surface area contributed by atoms with E-state index in [1.54, 1.807) is 7.11 Å². The quantitative estimate of drug-likeness (QED) is 0.476. The molecule has 3 heteroatoms. The van der Waals surface area contributed by atoms with Crippen LogP contribution in [0.4, 0.5) is 0 Å². The van der Waals surface area contributed by atoms with Crippen LogP contribution >= 0.6 is 27.7 Å².